The van der Waals surface area contributed by atoms with Crippen LogP contribution in [0.2, 0.25) is 5.02 Å². The quantitative estimate of drug-likeness (QED) is 0.423. The molecule has 126 valence electrons. The summed E-state index contributed by atoms with van der Waals surface area (Å²) in [6.45, 7) is 3.06. The lowest BCUT2D eigenvalue weighted by Crippen LogP contribution is -2.30. The summed E-state index contributed by atoms with van der Waals surface area (Å²) in [5.74, 6) is -1.43. The summed E-state index contributed by atoms with van der Waals surface area (Å²) in [6.07, 6.45) is 2.91. The molecule has 0 spiro atoms. The number of benzene rings is 1. The number of hydrogen-bond donors (Lipinski definition) is 2. The van der Waals surface area contributed by atoms with Crippen LogP contribution in [0.4, 0.5) is 4.79 Å². The van der Waals surface area contributed by atoms with Crippen LogP contribution in [0.5, 0.6) is 5.75 Å². The summed E-state index contributed by atoms with van der Waals surface area (Å²) in [7, 11) is 0. The van der Waals surface area contributed by atoms with Crippen LogP contribution in [0.3, 0.4) is 0 Å². The van der Waals surface area contributed by atoms with Crippen molar-refractivity contribution < 1.29 is 24.2 Å². The molecule has 3 amide bonds. The van der Waals surface area contributed by atoms with Crippen LogP contribution in [0, 0.1) is 0 Å². The minimum atomic E-state index is -1.13. The number of carboxylic acids is 1. The summed E-state index contributed by atoms with van der Waals surface area (Å²) in [6, 6.07) is 2.55. The van der Waals surface area contributed by atoms with Crippen molar-refractivity contribution in [3.05, 3.63) is 45.5 Å². The molecule has 0 atom stereocenters. The van der Waals surface area contributed by atoms with Gasteiger partial charge in [-0.05, 0) is 39.7 Å². The Morgan fingerprint density at radius 1 is 1.46 bits per heavy atom. The van der Waals surface area contributed by atoms with Crippen LogP contribution in [0.25, 0.3) is 6.08 Å². The summed E-state index contributed by atoms with van der Waals surface area (Å²) in [5.41, 5.74) is 0.627. The molecule has 1 aliphatic heterocycles. The van der Waals surface area contributed by atoms with Gasteiger partial charge in [0, 0.05) is 6.54 Å². The molecule has 1 aromatic rings. The number of rotatable bonds is 6. The molecule has 1 fully saturated rings. The highest BCUT2D eigenvalue weighted by Gasteiger charge is 2.32. The number of urea groups is 1. The molecule has 9 heteroatoms. The predicted molar refractivity (Wildman–Crippen MR) is 90.7 cm³/mol. The SMILES string of the molecule is C=CCN1C(=O)N/C(=C/c2cc(Cl)c(OCC(=O)O)c(Br)c2)C1=O. The second-order valence-corrected chi connectivity index (χ2v) is 5.95. The van der Waals surface area contributed by atoms with Gasteiger partial charge < -0.3 is 15.2 Å². The third kappa shape index (κ3) is 3.95. The van der Waals surface area contributed by atoms with Crippen LogP contribution in [-0.2, 0) is 9.59 Å². The van der Waals surface area contributed by atoms with Gasteiger partial charge in [-0.1, -0.05) is 17.7 Å². The maximum Gasteiger partial charge on any atom is 0.341 e. The molecule has 7 nitrogen and oxygen atoms in total. The van der Waals surface area contributed by atoms with Gasteiger partial charge in [0.15, 0.2) is 12.4 Å². The van der Waals surface area contributed by atoms with Crippen molar-refractivity contribution in [2.75, 3.05) is 13.2 Å². The van der Waals surface area contributed by atoms with E-state index in [-0.39, 0.29) is 23.0 Å². The lowest BCUT2D eigenvalue weighted by Gasteiger charge is -2.09. The van der Waals surface area contributed by atoms with Crippen LogP contribution in [0.15, 0.2) is 35.0 Å². The second kappa shape index (κ2) is 7.50. The van der Waals surface area contributed by atoms with E-state index in [2.05, 4.69) is 27.8 Å². The average Bonchev–Trinajstić information content (AvgIpc) is 2.74. The van der Waals surface area contributed by atoms with Gasteiger partial charge in [0.1, 0.15) is 5.70 Å². The Bertz CT molecular complexity index is 739. The van der Waals surface area contributed by atoms with Crippen LogP contribution in [0.1, 0.15) is 5.56 Å². The molecular weight excluding hydrogens is 404 g/mol. The molecule has 1 aliphatic rings. The first-order valence-electron chi connectivity index (χ1n) is 6.62. The molecule has 24 heavy (non-hydrogen) atoms. The van der Waals surface area contributed by atoms with Crippen molar-refractivity contribution in [2.24, 2.45) is 0 Å². The fraction of sp³-hybridized carbons (Fsp3) is 0.133. The number of aliphatic carboxylic acids is 1. The molecule has 0 unspecified atom stereocenters. The molecule has 1 saturated heterocycles. The van der Waals surface area contributed by atoms with Crippen molar-refractivity contribution in [1.82, 2.24) is 10.2 Å². The number of carbonyl (C=O) groups excluding carboxylic acids is 2. The van der Waals surface area contributed by atoms with Crippen LogP contribution < -0.4 is 10.1 Å². The van der Waals surface area contributed by atoms with E-state index in [0.29, 0.717) is 10.0 Å². The number of amides is 3. The zero-order valence-electron chi connectivity index (χ0n) is 12.2. The highest BCUT2D eigenvalue weighted by Crippen LogP contribution is 2.35. The molecule has 0 radical (unpaired) electrons. The number of carboxylic acid groups (broad SMARTS) is 1. The number of imide groups is 1. The van der Waals surface area contributed by atoms with E-state index < -0.39 is 24.5 Å². The van der Waals surface area contributed by atoms with E-state index in [0.717, 1.165) is 4.90 Å². The summed E-state index contributed by atoms with van der Waals surface area (Å²) >= 11 is 9.31. The van der Waals surface area contributed by atoms with Gasteiger partial charge in [-0.3, -0.25) is 9.69 Å². The van der Waals surface area contributed by atoms with E-state index in [1.54, 1.807) is 6.07 Å². The summed E-state index contributed by atoms with van der Waals surface area (Å²) in [4.78, 5) is 35.4. The number of carbonyl (C=O) groups is 3. The predicted octanol–water partition coefficient (Wildman–Crippen LogP) is 2.64. The minimum absolute atomic E-state index is 0.101. The highest BCUT2D eigenvalue weighted by atomic mass is 79.9. The highest BCUT2D eigenvalue weighted by molar-refractivity contribution is 9.10. The van der Waals surface area contributed by atoms with Crippen molar-refractivity contribution in [3.63, 3.8) is 0 Å². The summed E-state index contributed by atoms with van der Waals surface area (Å²) in [5, 5.41) is 11.3. The van der Waals surface area contributed by atoms with Crippen molar-refractivity contribution >= 4 is 51.5 Å². The van der Waals surface area contributed by atoms with E-state index in [9.17, 15) is 14.4 Å². The Morgan fingerprint density at radius 2 is 2.17 bits per heavy atom. The molecule has 0 saturated carbocycles. The maximum atomic E-state index is 12.1. The maximum absolute atomic E-state index is 12.1. The van der Waals surface area contributed by atoms with E-state index in [1.807, 2.05) is 0 Å². The Balaban J connectivity index is 2.27. The molecule has 2 rings (SSSR count). The molecule has 2 N–H and O–H groups in total. The molecule has 1 aromatic carbocycles. The second-order valence-electron chi connectivity index (χ2n) is 4.69. The van der Waals surface area contributed by atoms with E-state index >= 15 is 0 Å². The number of nitrogens with zero attached hydrogens (tertiary/aromatic N) is 1. The van der Waals surface area contributed by atoms with Gasteiger partial charge in [-0.2, -0.15) is 0 Å². The van der Waals surface area contributed by atoms with Crippen molar-refractivity contribution in [3.8, 4) is 5.75 Å². The fourth-order valence-electron chi connectivity index (χ4n) is 1.97. The van der Waals surface area contributed by atoms with Crippen molar-refractivity contribution in [1.29, 1.82) is 0 Å². The third-order valence-electron chi connectivity index (χ3n) is 2.95. The average molecular weight is 416 g/mol. The van der Waals surface area contributed by atoms with Gasteiger partial charge in [-0.25, -0.2) is 9.59 Å². The third-order valence-corrected chi connectivity index (χ3v) is 3.82. The minimum Gasteiger partial charge on any atom is -0.479 e. The standard InChI is InChI=1S/C15H12BrClN2O5/c1-2-3-19-14(22)11(18-15(19)23)6-8-4-9(16)13(10(17)5-8)24-7-12(20)21/h2,4-6H,1,3,7H2,(H,18,23)(H,20,21)/b11-6+. The fourth-order valence-corrected chi connectivity index (χ4v) is 2.96. The summed E-state index contributed by atoms with van der Waals surface area (Å²) < 4.78 is 5.51. The van der Waals surface area contributed by atoms with E-state index in [1.165, 1.54) is 18.2 Å². The normalized spacial score (nSPS) is 15.6. The lowest BCUT2D eigenvalue weighted by atomic mass is 10.2. The molecule has 0 aromatic heterocycles. The largest absolute Gasteiger partial charge is 0.479 e. The van der Waals surface area contributed by atoms with Gasteiger partial charge in [0.05, 0.1) is 9.50 Å². The monoisotopic (exact) mass is 414 g/mol. The smallest absolute Gasteiger partial charge is 0.341 e. The Morgan fingerprint density at radius 3 is 2.75 bits per heavy atom. The number of halogens is 2. The molecule has 1 heterocycles. The van der Waals surface area contributed by atoms with Crippen molar-refractivity contribution in [2.45, 2.75) is 0 Å². The van der Waals surface area contributed by atoms with Crippen LogP contribution >= 0.6 is 27.5 Å². The van der Waals surface area contributed by atoms with Gasteiger partial charge in [0.25, 0.3) is 5.91 Å². The van der Waals surface area contributed by atoms with E-state index in [4.69, 9.17) is 21.4 Å². The van der Waals surface area contributed by atoms with Gasteiger partial charge in [-0.15, -0.1) is 6.58 Å². The van der Waals surface area contributed by atoms with Gasteiger partial charge in [0.2, 0.25) is 0 Å². The first-order valence-corrected chi connectivity index (χ1v) is 7.79. The lowest BCUT2D eigenvalue weighted by molar-refractivity contribution is -0.139. The molecule has 0 aliphatic carbocycles. The molecular formula is C15H12BrClN2O5. The number of nitrogens with one attached hydrogen (secondary N) is 1. The van der Waals surface area contributed by atoms with Crippen LogP contribution in [-0.4, -0.2) is 41.1 Å². The Kier molecular flexibility index (Phi) is 5.63. The first-order chi connectivity index (χ1) is 11.3. The Labute approximate surface area is 150 Å². The van der Waals surface area contributed by atoms with Gasteiger partial charge >= 0.3 is 12.0 Å². The topological polar surface area (TPSA) is 95.9 Å². The zero-order chi connectivity index (χ0) is 17.9. The zero-order valence-corrected chi connectivity index (χ0v) is 14.6. The molecule has 0 bridgehead atoms. The Hall–Kier alpha value is -2.32. The first kappa shape index (κ1) is 18.0. The number of hydrogen-bond acceptors (Lipinski definition) is 4. The number of ether oxygens (including phenoxy) is 1.